The van der Waals surface area contributed by atoms with Crippen LogP contribution in [0.4, 0.5) is 5.69 Å². The van der Waals surface area contributed by atoms with E-state index in [4.69, 9.17) is 0 Å². The predicted octanol–water partition coefficient (Wildman–Crippen LogP) is 3.14. The molecule has 0 aliphatic rings. The molecule has 0 spiro atoms. The van der Waals surface area contributed by atoms with Crippen molar-refractivity contribution < 1.29 is 9.59 Å². The van der Waals surface area contributed by atoms with Crippen LogP contribution in [0.5, 0.6) is 0 Å². The van der Waals surface area contributed by atoms with Crippen LogP contribution >= 0.6 is 0 Å². The Morgan fingerprint density at radius 2 is 1.72 bits per heavy atom. The van der Waals surface area contributed by atoms with E-state index in [-0.39, 0.29) is 11.8 Å². The molecule has 0 saturated heterocycles. The van der Waals surface area contributed by atoms with E-state index in [1.165, 1.54) is 0 Å². The first-order chi connectivity index (χ1) is 12.1. The number of carbonyl (C=O) groups is 2. The highest BCUT2D eigenvalue weighted by molar-refractivity contribution is 6.06. The third-order valence-electron chi connectivity index (χ3n) is 4.02. The Balaban J connectivity index is 2.18. The summed E-state index contributed by atoms with van der Waals surface area (Å²) in [5, 5.41) is 6.20. The van der Waals surface area contributed by atoms with Gasteiger partial charge < -0.3 is 15.5 Å². The minimum absolute atomic E-state index is 0.0929. The van der Waals surface area contributed by atoms with Crippen molar-refractivity contribution in [2.75, 3.05) is 25.5 Å². The van der Waals surface area contributed by atoms with Crippen molar-refractivity contribution in [3.05, 3.63) is 65.2 Å². The summed E-state index contributed by atoms with van der Waals surface area (Å²) < 4.78 is 0. The molecule has 0 unspecified atom stereocenters. The lowest BCUT2D eigenvalue weighted by Gasteiger charge is -2.15. The number of nitrogens with one attached hydrogen (secondary N) is 2. The molecule has 0 atom stereocenters. The van der Waals surface area contributed by atoms with Gasteiger partial charge in [-0.1, -0.05) is 31.2 Å². The molecule has 0 radical (unpaired) electrons. The van der Waals surface area contributed by atoms with Gasteiger partial charge >= 0.3 is 0 Å². The Kier molecular flexibility index (Phi) is 6.71. The first-order valence-electron chi connectivity index (χ1n) is 8.52. The van der Waals surface area contributed by atoms with Gasteiger partial charge in [0.25, 0.3) is 11.8 Å². The Labute approximate surface area is 149 Å². The van der Waals surface area contributed by atoms with Gasteiger partial charge in [-0.25, -0.2) is 0 Å². The molecule has 0 bridgehead atoms. The average Bonchev–Trinajstić information content (AvgIpc) is 2.66. The molecule has 0 aromatic heterocycles. The van der Waals surface area contributed by atoms with E-state index in [0.29, 0.717) is 24.2 Å². The zero-order valence-corrected chi connectivity index (χ0v) is 15.0. The minimum Gasteiger partial charge on any atom is -0.342 e. The van der Waals surface area contributed by atoms with Crippen LogP contribution in [0.15, 0.2) is 48.5 Å². The second kappa shape index (κ2) is 8.99. The smallest absolute Gasteiger partial charge is 0.255 e. The van der Waals surface area contributed by atoms with Gasteiger partial charge in [-0.2, -0.15) is 0 Å². The summed E-state index contributed by atoms with van der Waals surface area (Å²) >= 11 is 0. The maximum atomic E-state index is 12.6. The highest BCUT2D eigenvalue weighted by atomic mass is 16.2. The van der Waals surface area contributed by atoms with E-state index in [1.54, 1.807) is 36.2 Å². The molecule has 0 heterocycles. The normalized spacial score (nSPS) is 10.4. The van der Waals surface area contributed by atoms with E-state index in [0.717, 1.165) is 17.8 Å². The number of benzene rings is 2. The van der Waals surface area contributed by atoms with Crippen LogP contribution < -0.4 is 10.6 Å². The zero-order chi connectivity index (χ0) is 18.2. The molecule has 2 rings (SSSR count). The average molecular weight is 339 g/mol. The summed E-state index contributed by atoms with van der Waals surface area (Å²) in [6.45, 7) is 6.12. The minimum atomic E-state index is -0.224. The van der Waals surface area contributed by atoms with Gasteiger partial charge in [-0.3, -0.25) is 9.59 Å². The van der Waals surface area contributed by atoms with E-state index < -0.39 is 0 Å². The Morgan fingerprint density at radius 1 is 1.00 bits per heavy atom. The summed E-state index contributed by atoms with van der Waals surface area (Å²) in [7, 11) is 1.74. The van der Waals surface area contributed by atoms with E-state index in [1.807, 2.05) is 38.1 Å². The van der Waals surface area contributed by atoms with E-state index in [2.05, 4.69) is 10.6 Å². The van der Waals surface area contributed by atoms with E-state index in [9.17, 15) is 9.59 Å². The van der Waals surface area contributed by atoms with Gasteiger partial charge in [0.05, 0.1) is 0 Å². The molecular weight excluding hydrogens is 314 g/mol. The summed E-state index contributed by atoms with van der Waals surface area (Å²) in [4.78, 5) is 26.5. The van der Waals surface area contributed by atoms with Gasteiger partial charge in [-0.15, -0.1) is 0 Å². The second-order valence-corrected chi connectivity index (χ2v) is 5.79. The number of hydrogen-bond donors (Lipinski definition) is 2. The first kappa shape index (κ1) is 18.7. The van der Waals surface area contributed by atoms with Crippen LogP contribution in [-0.2, 0) is 6.54 Å². The van der Waals surface area contributed by atoms with Crippen LogP contribution in [0, 0.1) is 0 Å². The number of carbonyl (C=O) groups excluding carboxylic acids is 2. The van der Waals surface area contributed by atoms with Gasteiger partial charge in [0.2, 0.25) is 0 Å². The molecule has 0 aliphatic heterocycles. The van der Waals surface area contributed by atoms with Crippen LogP contribution in [0.1, 0.15) is 40.1 Å². The Bertz CT molecular complexity index is 743. The highest BCUT2D eigenvalue weighted by Gasteiger charge is 2.14. The molecule has 0 aliphatic carbocycles. The van der Waals surface area contributed by atoms with Gasteiger partial charge in [0, 0.05) is 37.0 Å². The molecule has 2 N–H and O–H groups in total. The van der Waals surface area contributed by atoms with Crippen molar-refractivity contribution >= 4 is 17.5 Å². The number of hydrogen-bond acceptors (Lipinski definition) is 3. The van der Waals surface area contributed by atoms with Crippen LogP contribution in [0.25, 0.3) is 0 Å². The summed E-state index contributed by atoms with van der Waals surface area (Å²) in [6.07, 6.45) is 0. The topological polar surface area (TPSA) is 61.4 Å². The number of anilines is 1. The third-order valence-corrected chi connectivity index (χ3v) is 4.02. The molecule has 2 aromatic rings. The van der Waals surface area contributed by atoms with Crippen molar-refractivity contribution in [3.63, 3.8) is 0 Å². The Morgan fingerprint density at radius 3 is 2.44 bits per heavy atom. The monoisotopic (exact) mass is 339 g/mol. The molecule has 25 heavy (non-hydrogen) atoms. The molecule has 2 aromatic carbocycles. The zero-order valence-electron chi connectivity index (χ0n) is 15.0. The van der Waals surface area contributed by atoms with Gasteiger partial charge in [0.1, 0.15) is 0 Å². The fourth-order valence-corrected chi connectivity index (χ4v) is 2.41. The number of rotatable bonds is 7. The lowest BCUT2D eigenvalue weighted by atomic mass is 10.1. The summed E-state index contributed by atoms with van der Waals surface area (Å²) in [5.74, 6) is -0.317. The van der Waals surface area contributed by atoms with Crippen LogP contribution in [0.3, 0.4) is 0 Å². The molecule has 0 fully saturated rings. The summed E-state index contributed by atoms with van der Waals surface area (Å²) in [6, 6.07) is 14.5. The lowest BCUT2D eigenvalue weighted by molar-refractivity contribution is 0.0802. The van der Waals surface area contributed by atoms with Crippen molar-refractivity contribution in [2.45, 2.75) is 20.4 Å². The number of nitrogens with zero attached hydrogens (tertiary/aromatic N) is 1. The third kappa shape index (κ3) is 4.90. The standard InChI is InChI=1S/C20H25N3O2/c1-4-21-14-17-9-6-7-12-18(17)22-19(24)15-10-8-11-16(13-15)20(25)23(3)5-2/h6-13,21H,4-5,14H2,1-3H3,(H,22,24). The number of amides is 2. The van der Waals surface area contributed by atoms with Crippen LogP contribution in [0.2, 0.25) is 0 Å². The molecule has 2 amide bonds. The Hall–Kier alpha value is -2.66. The molecule has 132 valence electrons. The fraction of sp³-hybridized carbons (Fsp3) is 0.300. The fourth-order valence-electron chi connectivity index (χ4n) is 2.41. The van der Waals surface area contributed by atoms with Crippen molar-refractivity contribution in [1.29, 1.82) is 0 Å². The highest BCUT2D eigenvalue weighted by Crippen LogP contribution is 2.17. The largest absolute Gasteiger partial charge is 0.342 e. The maximum Gasteiger partial charge on any atom is 0.255 e. The lowest BCUT2D eigenvalue weighted by Crippen LogP contribution is -2.26. The SMILES string of the molecule is CCNCc1ccccc1NC(=O)c1cccc(C(=O)N(C)CC)c1. The van der Waals surface area contributed by atoms with Crippen molar-refractivity contribution in [2.24, 2.45) is 0 Å². The molecule has 5 heteroatoms. The molecule has 5 nitrogen and oxygen atoms in total. The van der Waals surface area contributed by atoms with E-state index >= 15 is 0 Å². The van der Waals surface area contributed by atoms with Gasteiger partial charge in [-0.05, 0) is 43.3 Å². The van der Waals surface area contributed by atoms with Gasteiger partial charge in [0.15, 0.2) is 0 Å². The van der Waals surface area contributed by atoms with Crippen molar-refractivity contribution in [1.82, 2.24) is 10.2 Å². The van der Waals surface area contributed by atoms with Crippen LogP contribution in [-0.4, -0.2) is 36.9 Å². The quantitative estimate of drug-likeness (QED) is 0.815. The number of para-hydroxylation sites is 1. The maximum absolute atomic E-state index is 12.6. The molecular formula is C20H25N3O2. The first-order valence-corrected chi connectivity index (χ1v) is 8.52. The summed E-state index contributed by atoms with van der Waals surface area (Å²) in [5.41, 5.74) is 2.78. The molecule has 0 saturated carbocycles. The second-order valence-electron chi connectivity index (χ2n) is 5.79. The predicted molar refractivity (Wildman–Crippen MR) is 101 cm³/mol. The van der Waals surface area contributed by atoms with Crippen molar-refractivity contribution in [3.8, 4) is 0 Å².